The van der Waals surface area contributed by atoms with Gasteiger partial charge in [0, 0.05) is 48.8 Å². The van der Waals surface area contributed by atoms with Gasteiger partial charge in [-0.3, -0.25) is 4.79 Å². The second-order valence-corrected chi connectivity index (χ2v) is 10.2. The third-order valence-corrected chi connectivity index (χ3v) is 7.45. The average molecular weight is 544 g/mol. The van der Waals surface area contributed by atoms with Gasteiger partial charge in [0.05, 0.1) is 26.0 Å². The second kappa shape index (κ2) is 10.4. The van der Waals surface area contributed by atoms with Gasteiger partial charge < -0.3 is 25.0 Å². The molecule has 0 radical (unpaired) electrons. The Kier molecular flexibility index (Phi) is 7.19. The number of rotatable bonds is 5. The summed E-state index contributed by atoms with van der Waals surface area (Å²) in [5, 5.41) is 10.9. The van der Waals surface area contributed by atoms with Gasteiger partial charge >= 0.3 is 6.18 Å². The Morgan fingerprint density at radius 2 is 1.74 bits per heavy atom. The standard InChI is InChI=1S/C28H32F3N5O3/c1-16-15-35(17(2)14-32-16)27(37)19-7-5-18(6-8-19)22-13-26-33-21(12-25(28(29,30)31)36(26)34-22)20-9-10-23(38-3)24(11-20)39-4/h5-11,13,16-17,21,25,32-33H,12,14-15H2,1-4H3/t16-,17+,21?,25?/m0/s1. The number of ether oxygens (including phenoxy) is 2. The molecule has 208 valence electrons. The molecular formula is C28H32F3N5O3. The number of alkyl halides is 3. The summed E-state index contributed by atoms with van der Waals surface area (Å²) in [7, 11) is 2.99. The van der Waals surface area contributed by atoms with Gasteiger partial charge in [-0.15, -0.1) is 0 Å². The van der Waals surface area contributed by atoms with Gasteiger partial charge in [-0.05, 0) is 43.7 Å². The van der Waals surface area contributed by atoms with Crippen LogP contribution in [0.2, 0.25) is 0 Å². The van der Waals surface area contributed by atoms with Crippen LogP contribution in [0, 0.1) is 0 Å². The van der Waals surface area contributed by atoms with Gasteiger partial charge in [-0.25, -0.2) is 4.68 Å². The van der Waals surface area contributed by atoms with Crippen molar-refractivity contribution in [2.75, 3.05) is 32.6 Å². The fourth-order valence-corrected chi connectivity index (χ4v) is 5.26. The van der Waals surface area contributed by atoms with E-state index in [0.29, 0.717) is 40.4 Å². The summed E-state index contributed by atoms with van der Waals surface area (Å²) in [5.41, 5.74) is 2.20. The van der Waals surface area contributed by atoms with Gasteiger partial charge in [0.1, 0.15) is 5.82 Å². The number of anilines is 1. The fourth-order valence-electron chi connectivity index (χ4n) is 5.26. The minimum atomic E-state index is -4.50. The summed E-state index contributed by atoms with van der Waals surface area (Å²) >= 11 is 0. The Labute approximate surface area is 225 Å². The van der Waals surface area contributed by atoms with Crippen LogP contribution in [0.15, 0.2) is 48.5 Å². The first-order valence-electron chi connectivity index (χ1n) is 12.9. The third-order valence-electron chi connectivity index (χ3n) is 7.45. The fraction of sp³-hybridized carbons (Fsp3) is 0.429. The normalized spacial score (nSPS) is 23.1. The molecule has 1 saturated heterocycles. The van der Waals surface area contributed by atoms with Crippen LogP contribution >= 0.6 is 0 Å². The first-order valence-corrected chi connectivity index (χ1v) is 12.9. The summed E-state index contributed by atoms with van der Waals surface area (Å²) in [6.07, 6.45) is -4.73. The first kappa shape index (κ1) is 26.9. The highest BCUT2D eigenvalue weighted by Crippen LogP contribution is 2.45. The zero-order valence-electron chi connectivity index (χ0n) is 22.2. The number of benzene rings is 2. The van der Waals surface area contributed by atoms with Crippen LogP contribution < -0.4 is 20.1 Å². The van der Waals surface area contributed by atoms with E-state index in [2.05, 4.69) is 15.7 Å². The smallest absolute Gasteiger partial charge is 0.410 e. The summed E-state index contributed by atoms with van der Waals surface area (Å²) < 4.78 is 54.2. The number of amides is 1. The van der Waals surface area contributed by atoms with E-state index in [9.17, 15) is 18.0 Å². The van der Waals surface area contributed by atoms with Crippen LogP contribution in [0.25, 0.3) is 11.3 Å². The molecular weight excluding hydrogens is 511 g/mol. The molecule has 0 bridgehead atoms. The lowest BCUT2D eigenvalue weighted by molar-refractivity contribution is -0.173. The van der Waals surface area contributed by atoms with Gasteiger partial charge in [-0.1, -0.05) is 18.2 Å². The lowest BCUT2D eigenvalue weighted by Gasteiger charge is -2.37. The molecule has 2 aliphatic heterocycles. The maximum Gasteiger partial charge on any atom is 0.410 e. The molecule has 11 heteroatoms. The highest BCUT2D eigenvalue weighted by Gasteiger charge is 2.46. The molecule has 2 aliphatic rings. The molecule has 8 nitrogen and oxygen atoms in total. The largest absolute Gasteiger partial charge is 0.493 e. The number of piperazine rings is 1. The van der Waals surface area contributed by atoms with E-state index in [4.69, 9.17) is 9.47 Å². The maximum atomic E-state index is 14.2. The summed E-state index contributed by atoms with van der Waals surface area (Å²) in [6.45, 7) is 5.37. The number of fused-ring (bicyclic) bond motifs is 1. The molecule has 0 spiro atoms. The molecule has 2 aromatic carbocycles. The second-order valence-electron chi connectivity index (χ2n) is 10.2. The molecule has 1 fully saturated rings. The van der Waals surface area contributed by atoms with Crippen molar-refractivity contribution in [2.24, 2.45) is 0 Å². The van der Waals surface area contributed by atoms with Gasteiger partial charge in [0.25, 0.3) is 5.91 Å². The Balaban J connectivity index is 1.42. The van der Waals surface area contributed by atoms with E-state index in [1.807, 2.05) is 18.7 Å². The van der Waals surface area contributed by atoms with E-state index in [0.717, 1.165) is 11.2 Å². The highest BCUT2D eigenvalue weighted by atomic mass is 19.4. The topological polar surface area (TPSA) is 80.7 Å². The van der Waals surface area contributed by atoms with Crippen LogP contribution in [0.4, 0.5) is 19.0 Å². The molecule has 4 atom stereocenters. The first-order chi connectivity index (χ1) is 18.6. The van der Waals surface area contributed by atoms with E-state index < -0.39 is 18.3 Å². The molecule has 3 heterocycles. The van der Waals surface area contributed by atoms with Gasteiger partial charge in [-0.2, -0.15) is 18.3 Å². The number of aromatic nitrogens is 2. The van der Waals surface area contributed by atoms with Gasteiger partial charge in [0.2, 0.25) is 0 Å². The Morgan fingerprint density at radius 1 is 1.03 bits per heavy atom. The van der Waals surface area contributed by atoms with E-state index in [1.54, 1.807) is 48.5 Å². The van der Waals surface area contributed by atoms with Crippen LogP contribution in [0.1, 0.15) is 48.3 Å². The summed E-state index contributed by atoms with van der Waals surface area (Å²) in [6, 6.07) is 11.4. The van der Waals surface area contributed by atoms with Gasteiger partial charge in [0.15, 0.2) is 17.5 Å². The van der Waals surface area contributed by atoms with Crippen LogP contribution in [0.5, 0.6) is 11.5 Å². The molecule has 0 saturated carbocycles. The quantitative estimate of drug-likeness (QED) is 0.469. The monoisotopic (exact) mass is 543 g/mol. The predicted octanol–water partition coefficient (Wildman–Crippen LogP) is 5.05. The molecule has 39 heavy (non-hydrogen) atoms. The maximum absolute atomic E-state index is 14.2. The minimum Gasteiger partial charge on any atom is -0.493 e. The van der Waals surface area contributed by atoms with E-state index >= 15 is 0 Å². The Morgan fingerprint density at radius 3 is 2.41 bits per heavy atom. The van der Waals surface area contributed by atoms with Crippen molar-refractivity contribution in [2.45, 2.75) is 50.6 Å². The summed E-state index contributed by atoms with van der Waals surface area (Å²) in [4.78, 5) is 14.9. The Hall–Kier alpha value is -3.73. The number of methoxy groups -OCH3 is 2. The SMILES string of the molecule is COc1ccc(C2CC(C(F)(F)F)n3nc(-c4ccc(C(=O)N5C[C@H](C)NC[C@H]5C)cc4)cc3N2)cc1OC. The summed E-state index contributed by atoms with van der Waals surface area (Å²) in [5.74, 6) is 1.14. The number of carbonyl (C=O) groups is 1. The number of halogens is 3. The van der Waals surface area contributed by atoms with Crippen molar-refractivity contribution in [1.29, 1.82) is 0 Å². The molecule has 1 amide bonds. The molecule has 3 aromatic rings. The molecule has 2 unspecified atom stereocenters. The molecule has 2 N–H and O–H groups in total. The van der Waals surface area contributed by atoms with Crippen LogP contribution in [0.3, 0.4) is 0 Å². The zero-order valence-corrected chi connectivity index (χ0v) is 22.2. The van der Waals surface area contributed by atoms with E-state index in [1.165, 1.54) is 14.2 Å². The van der Waals surface area contributed by atoms with Crippen LogP contribution in [-0.4, -0.2) is 66.2 Å². The number of hydrogen-bond donors (Lipinski definition) is 2. The van der Waals surface area contributed by atoms with Crippen molar-refractivity contribution in [3.8, 4) is 22.8 Å². The lowest BCUT2D eigenvalue weighted by atomic mass is 9.96. The number of carbonyl (C=O) groups excluding carboxylic acids is 1. The van der Waals surface area contributed by atoms with Crippen LogP contribution in [-0.2, 0) is 0 Å². The number of hydrogen-bond acceptors (Lipinski definition) is 6. The molecule has 5 rings (SSSR count). The average Bonchev–Trinajstić information content (AvgIpc) is 3.36. The zero-order chi connectivity index (χ0) is 27.9. The minimum absolute atomic E-state index is 0.0666. The molecule has 0 aliphatic carbocycles. The third kappa shape index (κ3) is 5.27. The number of nitrogens with zero attached hydrogens (tertiary/aromatic N) is 3. The van der Waals surface area contributed by atoms with Crippen molar-refractivity contribution >= 4 is 11.7 Å². The Bertz CT molecular complexity index is 1340. The van der Waals surface area contributed by atoms with Crippen molar-refractivity contribution in [3.63, 3.8) is 0 Å². The highest BCUT2D eigenvalue weighted by molar-refractivity contribution is 5.95. The lowest BCUT2D eigenvalue weighted by Crippen LogP contribution is -2.56. The molecule has 1 aromatic heterocycles. The van der Waals surface area contributed by atoms with Crippen molar-refractivity contribution < 1.29 is 27.4 Å². The van der Waals surface area contributed by atoms with Crippen molar-refractivity contribution in [1.82, 2.24) is 20.0 Å². The number of nitrogens with one attached hydrogen (secondary N) is 2. The predicted molar refractivity (Wildman–Crippen MR) is 141 cm³/mol. The van der Waals surface area contributed by atoms with E-state index in [-0.39, 0.29) is 30.2 Å². The van der Waals surface area contributed by atoms with Crippen molar-refractivity contribution in [3.05, 3.63) is 59.7 Å².